The van der Waals surface area contributed by atoms with Crippen LogP contribution in [-0.4, -0.2) is 11.9 Å². The fraction of sp³-hybridized carbons (Fsp3) is 0.889. The van der Waals surface area contributed by atoms with E-state index in [-0.39, 0.29) is 0 Å². The molecule has 0 aliphatic heterocycles. The lowest BCUT2D eigenvalue weighted by atomic mass is 10.0. The molecule has 4 heteroatoms. The molecule has 0 aromatic heterocycles. The Morgan fingerprint density at radius 2 is 1.05 bits per heavy atom. The molecule has 0 N–H and O–H groups in total. The number of rotatable bonds is 14. The van der Waals surface area contributed by atoms with E-state index in [1.54, 1.807) is 0 Å². The normalized spacial score (nSPS) is 10.5. The summed E-state index contributed by atoms with van der Waals surface area (Å²) in [7, 11) is 0. The Hall–Kier alpha value is -1.06. The van der Waals surface area contributed by atoms with Crippen LogP contribution in [0.3, 0.4) is 0 Å². The highest BCUT2D eigenvalue weighted by Crippen LogP contribution is 2.13. The predicted octanol–water partition coefficient (Wildman–Crippen LogP) is 5.49. The quantitative estimate of drug-likeness (QED) is 0.242. The van der Waals surface area contributed by atoms with Gasteiger partial charge in [-0.25, -0.2) is 19.4 Å². The van der Waals surface area contributed by atoms with Gasteiger partial charge in [0, 0.05) is 6.92 Å². The first kappa shape index (κ1) is 20.9. The van der Waals surface area contributed by atoms with E-state index in [1.807, 2.05) is 0 Å². The van der Waals surface area contributed by atoms with Gasteiger partial charge in [0.1, 0.15) is 0 Å². The Kier molecular flexibility index (Phi) is 15.5. The van der Waals surface area contributed by atoms with Gasteiger partial charge in [0.15, 0.2) is 0 Å². The smallest absolute Gasteiger partial charge is 0.248 e. The van der Waals surface area contributed by atoms with Gasteiger partial charge < -0.3 is 0 Å². The van der Waals surface area contributed by atoms with Crippen molar-refractivity contribution in [3.05, 3.63) is 0 Å². The lowest BCUT2D eigenvalue weighted by Gasteiger charge is -2.03. The van der Waals surface area contributed by atoms with Gasteiger partial charge >= 0.3 is 11.9 Å². The zero-order valence-electron chi connectivity index (χ0n) is 14.5. The van der Waals surface area contributed by atoms with Gasteiger partial charge in [0.2, 0.25) is 0 Å². The molecule has 0 fully saturated rings. The summed E-state index contributed by atoms with van der Waals surface area (Å²) in [6.45, 7) is 3.46. The van der Waals surface area contributed by atoms with Gasteiger partial charge in [-0.3, -0.25) is 0 Å². The van der Waals surface area contributed by atoms with E-state index in [2.05, 4.69) is 16.7 Å². The molecular weight excluding hydrogens is 280 g/mol. The minimum absolute atomic E-state index is 0.324. The summed E-state index contributed by atoms with van der Waals surface area (Å²) < 4.78 is 0. The van der Waals surface area contributed by atoms with Crippen molar-refractivity contribution < 1.29 is 19.4 Å². The molecule has 0 amide bonds. The van der Waals surface area contributed by atoms with Crippen molar-refractivity contribution in [2.45, 2.75) is 104 Å². The Balaban J connectivity index is 3.11. The molecule has 0 atom stereocenters. The minimum atomic E-state index is -0.598. The first-order valence-corrected chi connectivity index (χ1v) is 9.04. The van der Waals surface area contributed by atoms with Crippen LogP contribution in [0, 0.1) is 0 Å². The van der Waals surface area contributed by atoms with E-state index in [4.69, 9.17) is 0 Å². The number of carbonyl (C=O) groups is 2. The van der Waals surface area contributed by atoms with E-state index in [1.165, 1.54) is 71.1 Å². The second-order valence-corrected chi connectivity index (χ2v) is 6.02. The third-order valence-corrected chi connectivity index (χ3v) is 3.74. The number of unbranched alkanes of at least 4 members (excludes halogenated alkanes) is 12. The molecule has 22 heavy (non-hydrogen) atoms. The van der Waals surface area contributed by atoms with E-state index >= 15 is 0 Å². The van der Waals surface area contributed by atoms with E-state index in [9.17, 15) is 9.59 Å². The molecule has 0 spiro atoms. The molecule has 0 aromatic carbocycles. The van der Waals surface area contributed by atoms with Gasteiger partial charge in [-0.05, 0) is 6.42 Å². The summed E-state index contributed by atoms with van der Waals surface area (Å²) >= 11 is 0. The molecule has 4 nitrogen and oxygen atoms in total. The zero-order valence-corrected chi connectivity index (χ0v) is 14.5. The van der Waals surface area contributed by atoms with Crippen molar-refractivity contribution in [1.29, 1.82) is 0 Å². The molecule has 0 aromatic rings. The first-order chi connectivity index (χ1) is 10.7. The molecule has 0 aliphatic carbocycles. The van der Waals surface area contributed by atoms with E-state index < -0.39 is 11.9 Å². The molecule has 0 saturated heterocycles. The van der Waals surface area contributed by atoms with Crippen molar-refractivity contribution in [2.75, 3.05) is 0 Å². The fourth-order valence-electron chi connectivity index (χ4n) is 2.43. The van der Waals surface area contributed by atoms with Gasteiger partial charge in [-0.15, -0.1) is 0 Å². The van der Waals surface area contributed by atoms with Crippen LogP contribution in [0.15, 0.2) is 0 Å². The van der Waals surface area contributed by atoms with Crippen molar-refractivity contribution in [3.8, 4) is 0 Å². The Bertz CT molecular complexity index is 276. The van der Waals surface area contributed by atoms with Gasteiger partial charge in [-0.1, -0.05) is 84.0 Å². The SMILES string of the molecule is CCCCCCCCCCCCCCCC(=O)OOC(C)=O. The van der Waals surface area contributed by atoms with Crippen molar-refractivity contribution in [3.63, 3.8) is 0 Å². The lowest BCUT2D eigenvalue weighted by molar-refractivity contribution is -0.257. The maximum atomic E-state index is 11.1. The first-order valence-electron chi connectivity index (χ1n) is 9.04. The fourth-order valence-corrected chi connectivity index (χ4v) is 2.43. The van der Waals surface area contributed by atoms with Crippen LogP contribution in [0.4, 0.5) is 0 Å². The van der Waals surface area contributed by atoms with Crippen LogP contribution in [0.25, 0.3) is 0 Å². The lowest BCUT2D eigenvalue weighted by Crippen LogP contribution is -2.08. The standard InChI is InChI=1S/C18H34O4/c1-3-4-5-6-7-8-9-10-11-12-13-14-15-16-18(20)22-21-17(2)19/h3-16H2,1-2H3. The van der Waals surface area contributed by atoms with E-state index in [0.29, 0.717) is 6.42 Å². The van der Waals surface area contributed by atoms with Gasteiger partial charge in [-0.2, -0.15) is 0 Å². The highest BCUT2D eigenvalue weighted by Gasteiger charge is 2.05. The van der Waals surface area contributed by atoms with Crippen LogP contribution in [0.5, 0.6) is 0 Å². The molecule has 130 valence electrons. The molecule has 0 bridgehead atoms. The monoisotopic (exact) mass is 314 g/mol. The van der Waals surface area contributed by atoms with Crippen LogP contribution >= 0.6 is 0 Å². The summed E-state index contributed by atoms with van der Waals surface area (Å²) in [6.07, 6.45) is 16.8. The van der Waals surface area contributed by atoms with Crippen molar-refractivity contribution >= 4 is 11.9 Å². The Morgan fingerprint density at radius 1 is 0.636 bits per heavy atom. The van der Waals surface area contributed by atoms with Crippen molar-refractivity contribution in [1.82, 2.24) is 0 Å². The molecule has 0 aliphatic rings. The topological polar surface area (TPSA) is 52.6 Å². The maximum absolute atomic E-state index is 11.1. The highest BCUT2D eigenvalue weighted by atomic mass is 17.2. The maximum Gasteiger partial charge on any atom is 0.355 e. The van der Waals surface area contributed by atoms with Crippen LogP contribution in [0.1, 0.15) is 104 Å². The molecule has 0 radical (unpaired) electrons. The predicted molar refractivity (Wildman–Crippen MR) is 88.2 cm³/mol. The largest absolute Gasteiger partial charge is 0.355 e. The summed E-state index contributed by atoms with van der Waals surface area (Å²) in [5, 5.41) is 0. The number of hydrogen-bond donors (Lipinski definition) is 0. The van der Waals surface area contributed by atoms with Crippen molar-refractivity contribution in [2.24, 2.45) is 0 Å². The molecule has 0 rings (SSSR count). The second-order valence-electron chi connectivity index (χ2n) is 6.02. The Morgan fingerprint density at radius 3 is 1.45 bits per heavy atom. The third-order valence-electron chi connectivity index (χ3n) is 3.74. The summed E-state index contributed by atoms with van der Waals surface area (Å²) in [4.78, 5) is 30.1. The van der Waals surface area contributed by atoms with E-state index in [0.717, 1.165) is 19.3 Å². The van der Waals surface area contributed by atoms with Crippen LogP contribution < -0.4 is 0 Å². The average molecular weight is 314 g/mol. The van der Waals surface area contributed by atoms with Crippen LogP contribution in [0.2, 0.25) is 0 Å². The number of carbonyl (C=O) groups excluding carboxylic acids is 2. The van der Waals surface area contributed by atoms with Gasteiger partial charge in [0.05, 0.1) is 6.42 Å². The van der Waals surface area contributed by atoms with Gasteiger partial charge in [0.25, 0.3) is 0 Å². The average Bonchev–Trinajstić information content (AvgIpc) is 2.49. The Labute approximate surface area is 135 Å². The molecule has 0 unspecified atom stereocenters. The molecule has 0 saturated carbocycles. The number of hydrogen-bond acceptors (Lipinski definition) is 4. The molecule has 0 heterocycles. The summed E-state index contributed by atoms with van der Waals surface area (Å²) in [5.41, 5.74) is 0. The molecular formula is C18H34O4. The summed E-state index contributed by atoms with van der Waals surface area (Å²) in [5.74, 6) is -1.06. The minimum Gasteiger partial charge on any atom is -0.248 e. The highest BCUT2D eigenvalue weighted by molar-refractivity contribution is 5.71. The second kappa shape index (κ2) is 16.3. The third kappa shape index (κ3) is 17.0. The zero-order chi connectivity index (χ0) is 16.5. The summed E-state index contributed by atoms with van der Waals surface area (Å²) in [6, 6.07) is 0. The van der Waals surface area contributed by atoms with Crippen LogP contribution in [-0.2, 0) is 19.4 Å².